The highest BCUT2D eigenvalue weighted by molar-refractivity contribution is 5.96. The van der Waals surface area contributed by atoms with Crippen molar-refractivity contribution in [2.45, 2.75) is 13.3 Å². The predicted octanol–water partition coefficient (Wildman–Crippen LogP) is 0.968. The molecule has 0 saturated heterocycles. The summed E-state index contributed by atoms with van der Waals surface area (Å²) in [5, 5.41) is 12.7. The molecule has 3 amide bonds. The number of alkyl carbamates (subject to hydrolysis) is 1. The number of amides is 3. The third kappa shape index (κ3) is 6.57. The second kappa shape index (κ2) is 9.58. The van der Waals surface area contributed by atoms with Gasteiger partial charge in [0.05, 0.1) is 18.2 Å². The van der Waals surface area contributed by atoms with Crippen molar-refractivity contribution in [2.75, 3.05) is 18.5 Å². The fourth-order valence-corrected chi connectivity index (χ4v) is 1.50. The van der Waals surface area contributed by atoms with Crippen molar-refractivity contribution >= 4 is 29.6 Å². The molecule has 2 N–H and O–H groups in total. The molecule has 0 aliphatic rings. The van der Waals surface area contributed by atoms with Gasteiger partial charge >= 0.3 is 12.1 Å². The summed E-state index contributed by atoms with van der Waals surface area (Å²) in [6, 6.07) is 7.37. The minimum absolute atomic E-state index is 0.107. The molecule has 0 saturated carbocycles. The molecule has 1 rings (SSSR count). The zero-order valence-corrected chi connectivity index (χ0v) is 12.8. The van der Waals surface area contributed by atoms with Crippen molar-refractivity contribution in [1.29, 1.82) is 5.26 Å². The Morgan fingerprint density at radius 2 is 1.75 bits per heavy atom. The van der Waals surface area contributed by atoms with E-state index in [9.17, 15) is 19.2 Å². The first kappa shape index (κ1) is 18.6. The first-order chi connectivity index (χ1) is 11.5. The lowest BCUT2D eigenvalue weighted by molar-refractivity contribution is -0.123. The van der Waals surface area contributed by atoms with Gasteiger partial charge in [0.1, 0.15) is 6.42 Å². The van der Waals surface area contributed by atoms with Crippen LogP contribution in [0.3, 0.4) is 0 Å². The second-order valence-electron chi connectivity index (χ2n) is 4.31. The summed E-state index contributed by atoms with van der Waals surface area (Å²) in [5.74, 6) is -2.06. The van der Waals surface area contributed by atoms with E-state index in [1.165, 1.54) is 24.3 Å². The van der Waals surface area contributed by atoms with E-state index < -0.39 is 30.5 Å². The van der Waals surface area contributed by atoms with E-state index >= 15 is 0 Å². The van der Waals surface area contributed by atoms with Crippen LogP contribution in [0.1, 0.15) is 23.7 Å². The SMILES string of the molecule is CCOC(=O)NC(=O)COC(=O)c1ccc(NC(=O)CC#N)cc1. The Balaban J connectivity index is 2.48. The molecule has 0 spiro atoms. The maximum Gasteiger partial charge on any atom is 0.413 e. The highest BCUT2D eigenvalue weighted by Gasteiger charge is 2.13. The van der Waals surface area contributed by atoms with Gasteiger partial charge in [0.25, 0.3) is 5.91 Å². The van der Waals surface area contributed by atoms with Crippen molar-refractivity contribution in [1.82, 2.24) is 5.32 Å². The van der Waals surface area contributed by atoms with Crippen LogP contribution in [-0.2, 0) is 19.1 Å². The van der Waals surface area contributed by atoms with E-state index in [1.807, 2.05) is 5.32 Å². The third-order valence-corrected chi connectivity index (χ3v) is 2.50. The molecule has 0 fully saturated rings. The van der Waals surface area contributed by atoms with Crippen LogP contribution >= 0.6 is 0 Å². The Hall–Kier alpha value is -3.41. The summed E-state index contributed by atoms with van der Waals surface area (Å²) in [6.45, 7) is 1.05. The zero-order valence-electron chi connectivity index (χ0n) is 12.8. The molecule has 0 bridgehead atoms. The van der Waals surface area contributed by atoms with Gasteiger partial charge in [-0.2, -0.15) is 5.26 Å². The Morgan fingerprint density at radius 3 is 2.33 bits per heavy atom. The van der Waals surface area contributed by atoms with Crippen LogP contribution in [0, 0.1) is 11.3 Å². The van der Waals surface area contributed by atoms with Crippen LogP contribution in [0.15, 0.2) is 24.3 Å². The number of nitrogens with one attached hydrogen (secondary N) is 2. The highest BCUT2D eigenvalue weighted by Crippen LogP contribution is 2.10. The second-order valence-corrected chi connectivity index (χ2v) is 4.31. The molecule has 9 heteroatoms. The monoisotopic (exact) mass is 333 g/mol. The topological polar surface area (TPSA) is 135 Å². The number of esters is 1. The Labute approximate surface area is 137 Å². The van der Waals surface area contributed by atoms with Crippen molar-refractivity contribution in [3.63, 3.8) is 0 Å². The molecule has 1 aromatic rings. The Morgan fingerprint density at radius 1 is 1.08 bits per heavy atom. The quantitative estimate of drug-likeness (QED) is 0.740. The van der Waals surface area contributed by atoms with Gasteiger partial charge in [-0.15, -0.1) is 0 Å². The van der Waals surface area contributed by atoms with E-state index in [4.69, 9.17) is 10.00 Å². The van der Waals surface area contributed by atoms with Crippen LogP contribution in [0.25, 0.3) is 0 Å². The maximum absolute atomic E-state index is 11.7. The molecule has 0 unspecified atom stereocenters. The number of benzene rings is 1. The van der Waals surface area contributed by atoms with Gasteiger partial charge in [-0.3, -0.25) is 14.9 Å². The third-order valence-electron chi connectivity index (χ3n) is 2.50. The zero-order chi connectivity index (χ0) is 17.9. The normalized spacial score (nSPS) is 9.33. The van der Waals surface area contributed by atoms with E-state index in [-0.39, 0.29) is 18.6 Å². The van der Waals surface area contributed by atoms with E-state index in [0.717, 1.165) is 0 Å². The summed E-state index contributed by atoms with van der Waals surface area (Å²) < 4.78 is 9.24. The Kier molecular flexibility index (Phi) is 7.44. The average Bonchev–Trinajstić information content (AvgIpc) is 2.53. The van der Waals surface area contributed by atoms with Crippen LogP contribution < -0.4 is 10.6 Å². The average molecular weight is 333 g/mol. The molecule has 0 aliphatic heterocycles. The number of ether oxygens (including phenoxy) is 2. The number of hydrogen-bond acceptors (Lipinski definition) is 7. The summed E-state index contributed by atoms with van der Waals surface area (Å²) in [4.78, 5) is 45.3. The van der Waals surface area contributed by atoms with Crippen LogP contribution in [0.5, 0.6) is 0 Å². The molecule has 0 aromatic heterocycles. The van der Waals surface area contributed by atoms with E-state index in [1.54, 1.807) is 13.0 Å². The smallest absolute Gasteiger partial charge is 0.413 e. The van der Waals surface area contributed by atoms with Crippen LogP contribution in [0.4, 0.5) is 10.5 Å². The number of hydrogen-bond donors (Lipinski definition) is 2. The highest BCUT2D eigenvalue weighted by atomic mass is 16.6. The van der Waals surface area contributed by atoms with Gasteiger partial charge in [0.2, 0.25) is 5.91 Å². The fraction of sp³-hybridized carbons (Fsp3) is 0.267. The number of anilines is 1. The number of carbonyl (C=O) groups excluding carboxylic acids is 4. The molecule has 0 aliphatic carbocycles. The van der Waals surface area contributed by atoms with Crippen molar-refractivity contribution in [3.05, 3.63) is 29.8 Å². The maximum atomic E-state index is 11.7. The molecular formula is C15H15N3O6. The summed E-state index contributed by atoms with van der Waals surface area (Å²) in [5.41, 5.74) is 0.559. The number of imide groups is 1. The molecule has 24 heavy (non-hydrogen) atoms. The lowest BCUT2D eigenvalue weighted by Gasteiger charge is -2.07. The van der Waals surface area contributed by atoms with Gasteiger partial charge in [0.15, 0.2) is 6.61 Å². The predicted molar refractivity (Wildman–Crippen MR) is 80.7 cm³/mol. The van der Waals surface area contributed by atoms with Crippen LogP contribution in [0.2, 0.25) is 0 Å². The number of rotatable bonds is 6. The molecule has 1 aromatic carbocycles. The standard InChI is InChI=1S/C15H15N3O6/c1-2-23-15(22)18-13(20)9-24-14(21)10-3-5-11(6-4-10)17-12(19)7-8-16/h3-6H,2,7,9H2,1H3,(H,17,19)(H,18,20,22). The molecule has 9 nitrogen and oxygen atoms in total. The van der Waals surface area contributed by atoms with Crippen molar-refractivity contribution in [2.24, 2.45) is 0 Å². The molecule has 0 heterocycles. The first-order valence-electron chi connectivity index (χ1n) is 6.86. The van der Waals surface area contributed by atoms with Gasteiger partial charge < -0.3 is 14.8 Å². The van der Waals surface area contributed by atoms with Crippen LogP contribution in [-0.4, -0.2) is 37.1 Å². The lowest BCUT2D eigenvalue weighted by atomic mass is 10.2. The first-order valence-corrected chi connectivity index (χ1v) is 6.86. The van der Waals surface area contributed by atoms with E-state index in [0.29, 0.717) is 5.69 Å². The molecule has 0 atom stereocenters. The van der Waals surface area contributed by atoms with Gasteiger partial charge in [-0.25, -0.2) is 9.59 Å². The molecular weight excluding hydrogens is 318 g/mol. The van der Waals surface area contributed by atoms with Gasteiger partial charge in [-0.05, 0) is 31.2 Å². The number of carbonyl (C=O) groups is 4. The number of nitriles is 1. The minimum Gasteiger partial charge on any atom is -0.452 e. The van der Waals surface area contributed by atoms with E-state index in [2.05, 4.69) is 10.1 Å². The van der Waals surface area contributed by atoms with Gasteiger partial charge in [-0.1, -0.05) is 0 Å². The minimum atomic E-state index is -0.920. The summed E-state index contributed by atoms with van der Waals surface area (Å²) in [6.07, 6.45) is -1.20. The summed E-state index contributed by atoms with van der Waals surface area (Å²) >= 11 is 0. The molecule has 126 valence electrons. The fourth-order valence-electron chi connectivity index (χ4n) is 1.50. The largest absolute Gasteiger partial charge is 0.452 e. The van der Waals surface area contributed by atoms with Gasteiger partial charge in [0, 0.05) is 5.69 Å². The van der Waals surface area contributed by atoms with Crippen molar-refractivity contribution < 1.29 is 28.7 Å². The molecule has 0 radical (unpaired) electrons. The Bertz CT molecular complexity index is 663. The summed E-state index contributed by atoms with van der Waals surface area (Å²) in [7, 11) is 0. The number of nitrogens with zero attached hydrogens (tertiary/aromatic N) is 1. The lowest BCUT2D eigenvalue weighted by Crippen LogP contribution is -2.34. The van der Waals surface area contributed by atoms with Crippen molar-refractivity contribution in [3.8, 4) is 6.07 Å².